The molecule has 3 saturated heterocycles. The number of thiophene rings is 1. The van der Waals surface area contributed by atoms with Gasteiger partial charge in [-0.2, -0.15) is 10.2 Å². The van der Waals surface area contributed by atoms with Crippen LogP contribution in [0.4, 0.5) is 8.78 Å². The molecule has 41 heavy (non-hydrogen) atoms. The van der Waals surface area contributed by atoms with Crippen LogP contribution in [0.15, 0.2) is 36.7 Å². The maximum atomic E-state index is 13.9. The fourth-order valence-electron chi connectivity index (χ4n) is 5.55. The van der Waals surface area contributed by atoms with Gasteiger partial charge in [0.25, 0.3) is 5.91 Å². The highest BCUT2D eigenvalue weighted by Gasteiger charge is 2.40. The van der Waals surface area contributed by atoms with Crippen molar-refractivity contribution in [2.45, 2.75) is 69.1 Å². The number of carbonyl (C=O) groups excluding carboxylic acids is 2. The Bertz CT molecular complexity index is 1380. The van der Waals surface area contributed by atoms with Crippen molar-refractivity contribution in [3.63, 3.8) is 0 Å². The Morgan fingerprint density at radius 1 is 1.20 bits per heavy atom. The molecule has 4 atom stereocenters. The lowest BCUT2D eigenvalue weighted by atomic mass is 10.1. The second kappa shape index (κ2) is 13.2. The van der Waals surface area contributed by atoms with E-state index < -0.39 is 20.3 Å². The zero-order valence-corrected chi connectivity index (χ0v) is 24.1. The predicted molar refractivity (Wildman–Crippen MR) is 156 cm³/mol. The van der Waals surface area contributed by atoms with E-state index in [9.17, 15) is 18.4 Å². The Morgan fingerprint density at radius 2 is 1.95 bits per heavy atom. The molecule has 3 aliphatic heterocycles. The number of nitrogens with one attached hydrogen (secondary N) is 1. The van der Waals surface area contributed by atoms with Gasteiger partial charge in [-0.25, -0.2) is 8.78 Å². The lowest BCUT2D eigenvalue weighted by Gasteiger charge is -2.33. The Morgan fingerprint density at radius 3 is 2.61 bits per heavy atom. The van der Waals surface area contributed by atoms with Crippen molar-refractivity contribution < 1.29 is 43.1 Å². The molecule has 3 fully saturated rings. The number of aromatic nitrogens is 2. The van der Waals surface area contributed by atoms with E-state index in [0.29, 0.717) is 35.8 Å². The second-order valence-corrected chi connectivity index (χ2v) is 12.7. The first-order valence-corrected chi connectivity index (χ1v) is 15.3. The fourth-order valence-corrected chi connectivity index (χ4v) is 6.92. The number of hydroxylamine groups is 2. The van der Waals surface area contributed by atoms with Gasteiger partial charge in [0.15, 0.2) is 11.7 Å². The first-order chi connectivity index (χ1) is 19.1. The van der Waals surface area contributed by atoms with Crippen molar-refractivity contribution >= 4 is 41.6 Å². The summed E-state index contributed by atoms with van der Waals surface area (Å²) >= 11 is 1.27. The minimum atomic E-state index is -2.71. The van der Waals surface area contributed by atoms with Crippen LogP contribution < -0.4 is 5.32 Å². The number of hydrogen-bond donors (Lipinski definition) is 4. The van der Waals surface area contributed by atoms with E-state index >= 15 is 0 Å². The molecule has 0 radical (unpaired) electrons. The fraction of sp³-hybridized carbons (Fsp3) is 0.500. The first kappa shape index (κ1) is 31.4. The van der Waals surface area contributed by atoms with Crippen LogP contribution in [0.2, 0.25) is 0 Å². The third-order valence-corrected chi connectivity index (χ3v) is 9.52. The quantitative estimate of drug-likeness (QED) is 0.314. The Hall–Kier alpha value is -2.58. The molecule has 0 saturated carbocycles. The lowest BCUT2D eigenvalue weighted by molar-refractivity contribution is -0.164. The number of alkyl halides is 1. The van der Waals surface area contributed by atoms with E-state index in [1.165, 1.54) is 45.6 Å². The molecule has 5 heterocycles. The van der Waals surface area contributed by atoms with Gasteiger partial charge in [0.05, 0.1) is 23.3 Å². The number of fused-ring (bicyclic) bond motifs is 2. The van der Waals surface area contributed by atoms with Crippen molar-refractivity contribution in [1.29, 1.82) is 0 Å². The van der Waals surface area contributed by atoms with Crippen LogP contribution in [0, 0.1) is 5.82 Å². The lowest BCUT2D eigenvalue weighted by Crippen LogP contribution is -2.50. The molecule has 15 heteroatoms. The molecule has 6 rings (SSSR count). The van der Waals surface area contributed by atoms with Crippen molar-refractivity contribution in [3.05, 3.63) is 52.9 Å². The van der Waals surface area contributed by atoms with Crippen LogP contribution in [0.3, 0.4) is 0 Å². The summed E-state index contributed by atoms with van der Waals surface area (Å²) < 4.78 is 28.6. The van der Waals surface area contributed by atoms with Crippen LogP contribution in [-0.2, 0) is 4.79 Å². The standard InChI is InChI=1S/C20H24FN2O4PS.C6H8FN3O.H2O.3H2/c1-11-5-7-14-3-2-4-15(20(25)23(11)14)22-19(24)17-10-13-9-12(18(21)28(26)27)6-8-16(13)29-17;7-5-1-8-10(2-5)6-3-9(11)4-6;;;;/h6,8-11,14-15,18,26-27H,2-5,7H2,1H3,(H,22,24);1-2,6,11H,3-4H2;1H2;3*1H/t11-,14+,15+,18?;;;;;/m1...../s1. The van der Waals surface area contributed by atoms with E-state index in [-0.39, 0.29) is 45.0 Å². The summed E-state index contributed by atoms with van der Waals surface area (Å²) in [6.45, 7) is 3.12. The minimum Gasteiger partial charge on any atom is -0.412 e. The molecule has 1 aromatic carbocycles. The zero-order valence-electron chi connectivity index (χ0n) is 22.4. The highest BCUT2D eigenvalue weighted by molar-refractivity contribution is 7.45. The second-order valence-electron chi connectivity index (χ2n) is 10.5. The predicted octanol–water partition coefficient (Wildman–Crippen LogP) is 4.01. The van der Waals surface area contributed by atoms with Gasteiger partial charge in [0.1, 0.15) is 6.04 Å². The Balaban J connectivity index is 0.000000549. The summed E-state index contributed by atoms with van der Waals surface area (Å²) in [6.07, 6.45) is 7.07. The minimum absolute atomic E-state index is 0. The van der Waals surface area contributed by atoms with Crippen molar-refractivity contribution in [1.82, 2.24) is 25.1 Å². The average molecular weight is 620 g/mol. The van der Waals surface area contributed by atoms with Crippen LogP contribution in [0.1, 0.15) is 70.5 Å². The number of rotatable bonds is 5. The van der Waals surface area contributed by atoms with Crippen LogP contribution in [0.5, 0.6) is 0 Å². The molecule has 3 aromatic rings. The highest BCUT2D eigenvalue weighted by Crippen LogP contribution is 2.45. The highest BCUT2D eigenvalue weighted by atomic mass is 32.1. The Labute approximate surface area is 245 Å². The van der Waals surface area contributed by atoms with Gasteiger partial charge in [-0.3, -0.25) is 14.3 Å². The maximum absolute atomic E-state index is 13.9. The van der Waals surface area contributed by atoms with E-state index in [2.05, 4.69) is 17.3 Å². The number of nitrogens with zero attached hydrogens (tertiary/aromatic N) is 4. The normalized spacial score (nSPS) is 23.7. The molecule has 2 amide bonds. The van der Waals surface area contributed by atoms with Crippen molar-refractivity contribution in [3.8, 4) is 0 Å². The van der Waals surface area contributed by atoms with Gasteiger partial charge in [-0.1, -0.05) is 6.07 Å². The molecule has 2 aromatic heterocycles. The van der Waals surface area contributed by atoms with Gasteiger partial charge >= 0.3 is 0 Å². The summed E-state index contributed by atoms with van der Waals surface area (Å²) in [6, 6.07) is 6.47. The van der Waals surface area contributed by atoms with Gasteiger partial charge in [0, 0.05) is 34.2 Å². The molecule has 3 aliphatic rings. The van der Waals surface area contributed by atoms with Crippen LogP contribution >= 0.6 is 19.7 Å². The molecular formula is C26H40F2N5O6PS. The van der Waals surface area contributed by atoms with E-state index in [0.717, 1.165) is 30.4 Å². The molecule has 0 aliphatic carbocycles. The maximum Gasteiger partial charge on any atom is 0.262 e. The Kier molecular flexibility index (Phi) is 10.1. The molecule has 11 nitrogen and oxygen atoms in total. The molecule has 0 spiro atoms. The molecule has 0 bridgehead atoms. The van der Waals surface area contributed by atoms with Gasteiger partial charge in [-0.15, -0.1) is 11.3 Å². The average Bonchev–Trinajstić information content (AvgIpc) is 3.60. The number of hydrogen-bond acceptors (Lipinski definition) is 8. The van der Waals surface area contributed by atoms with E-state index in [1.807, 2.05) is 4.90 Å². The molecule has 6 N–H and O–H groups in total. The summed E-state index contributed by atoms with van der Waals surface area (Å²) in [7, 11) is -2.71. The monoisotopic (exact) mass is 619 g/mol. The van der Waals surface area contributed by atoms with Crippen molar-refractivity contribution in [2.75, 3.05) is 13.1 Å². The zero-order chi connectivity index (χ0) is 28.6. The number of benzene rings is 1. The van der Waals surface area contributed by atoms with Gasteiger partial charge < -0.3 is 30.7 Å². The van der Waals surface area contributed by atoms with Gasteiger partial charge in [-0.05, 0) is 68.2 Å². The molecule has 230 valence electrons. The van der Waals surface area contributed by atoms with Gasteiger partial charge in [0.2, 0.25) is 14.3 Å². The molecular weight excluding hydrogens is 579 g/mol. The largest absolute Gasteiger partial charge is 0.412 e. The number of amides is 2. The first-order valence-electron chi connectivity index (χ1n) is 13.2. The van der Waals surface area contributed by atoms with E-state index in [1.54, 1.807) is 12.1 Å². The number of carbonyl (C=O) groups is 2. The topological polar surface area (TPSA) is 163 Å². The summed E-state index contributed by atoms with van der Waals surface area (Å²) in [5.74, 6) is -2.47. The number of halogens is 2. The smallest absolute Gasteiger partial charge is 0.262 e. The van der Waals surface area contributed by atoms with Crippen LogP contribution in [0.25, 0.3) is 10.1 Å². The third kappa shape index (κ3) is 6.91. The summed E-state index contributed by atoms with van der Waals surface area (Å²) in [5, 5.41) is 17.3. The summed E-state index contributed by atoms with van der Waals surface area (Å²) in [4.78, 5) is 46.4. The van der Waals surface area contributed by atoms with E-state index in [4.69, 9.17) is 15.0 Å². The SMILES string of the molecule is C[C@@H]1CC[C@@H]2CCC[C@H](NC(=O)c3cc4cc(C(F)P(O)O)ccc4s3)C(=O)N21.O.ON1CC(n2cc(F)cn2)C1.[HH].[HH].[HH]. The van der Waals surface area contributed by atoms with Crippen LogP contribution in [-0.4, -0.2) is 83.2 Å². The molecule has 1 unspecified atom stereocenters. The summed E-state index contributed by atoms with van der Waals surface area (Å²) in [5.41, 5.74) is 0.173. The van der Waals surface area contributed by atoms with Crippen molar-refractivity contribution in [2.24, 2.45) is 0 Å². The third-order valence-electron chi connectivity index (χ3n) is 7.70.